The lowest BCUT2D eigenvalue weighted by atomic mass is 9.81. The molecule has 1 aromatic heterocycles. The Bertz CT molecular complexity index is 825. The highest BCUT2D eigenvalue weighted by molar-refractivity contribution is 9.11. The van der Waals surface area contributed by atoms with Crippen molar-refractivity contribution in [1.82, 2.24) is 9.62 Å². The van der Waals surface area contributed by atoms with Crippen molar-refractivity contribution in [3.8, 4) is 0 Å². The third-order valence-corrected chi connectivity index (χ3v) is 9.60. The molecule has 0 aromatic carbocycles. The normalized spacial score (nSPS) is 21.2. The molecule has 1 aliphatic heterocycles. The number of hydrogen-bond donors (Lipinski definition) is 1. The van der Waals surface area contributed by atoms with Gasteiger partial charge in [-0.25, -0.2) is 13.2 Å². The van der Waals surface area contributed by atoms with Crippen molar-refractivity contribution in [3.63, 3.8) is 0 Å². The Morgan fingerprint density at radius 3 is 2.39 bits per heavy atom. The zero-order valence-electron chi connectivity index (χ0n) is 15.8. The van der Waals surface area contributed by atoms with E-state index >= 15 is 0 Å². The lowest BCUT2D eigenvalue weighted by molar-refractivity contribution is -0.153. The van der Waals surface area contributed by atoms with Gasteiger partial charge in [0, 0.05) is 19.0 Å². The number of carbonyl (C=O) groups is 2. The molecule has 0 radical (unpaired) electrons. The number of hydrogen-bond acceptors (Lipinski definition) is 6. The fraction of sp³-hybridized carbons (Fsp3) is 0.667. The van der Waals surface area contributed by atoms with Gasteiger partial charge in [0.15, 0.2) is 0 Å². The maximum atomic E-state index is 12.8. The molecule has 0 atom stereocenters. The number of esters is 1. The number of nitrogens with one attached hydrogen (secondary N) is 1. The van der Waals surface area contributed by atoms with Crippen LogP contribution >= 0.6 is 27.3 Å². The van der Waals surface area contributed by atoms with Crippen molar-refractivity contribution in [2.24, 2.45) is 5.92 Å². The van der Waals surface area contributed by atoms with Crippen LogP contribution < -0.4 is 5.32 Å². The molecule has 156 valence electrons. The highest BCUT2D eigenvalue weighted by atomic mass is 79.9. The highest BCUT2D eigenvalue weighted by Gasteiger charge is 2.43. The Morgan fingerprint density at radius 1 is 1.21 bits per heavy atom. The first-order valence-electron chi connectivity index (χ1n) is 9.44. The number of thiophene rings is 1. The summed E-state index contributed by atoms with van der Waals surface area (Å²) in [6, 6.07) is 3.31. The molecule has 3 rings (SSSR count). The van der Waals surface area contributed by atoms with Crippen LogP contribution in [0.15, 0.2) is 20.1 Å². The predicted octanol–water partition coefficient (Wildman–Crippen LogP) is 2.90. The molecule has 28 heavy (non-hydrogen) atoms. The van der Waals surface area contributed by atoms with E-state index in [2.05, 4.69) is 21.2 Å². The van der Waals surface area contributed by atoms with Gasteiger partial charge >= 0.3 is 5.97 Å². The molecular formula is C18H25BrN2O5S2. The fourth-order valence-corrected chi connectivity index (χ4v) is 7.62. The van der Waals surface area contributed by atoms with E-state index in [4.69, 9.17) is 4.74 Å². The van der Waals surface area contributed by atoms with Crippen molar-refractivity contribution in [3.05, 3.63) is 15.9 Å². The maximum Gasteiger partial charge on any atom is 0.331 e. The number of nitrogens with zero attached hydrogens (tertiary/aromatic N) is 1. The van der Waals surface area contributed by atoms with Crippen LogP contribution in [0.1, 0.15) is 44.9 Å². The minimum absolute atomic E-state index is 0.178. The van der Waals surface area contributed by atoms with E-state index in [-0.39, 0.29) is 17.8 Å². The maximum absolute atomic E-state index is 12.8. The third kappa shape index (κ3) is 4.44. The van der Waals surface area contributed by atoms with Gasteiger partial charge in [-0.05, 0) is 53.7 Å². The first-order valence-corrected chi connectivity index (χ1v) is 12.5. The Balaban J connectivity index is 1.62. The Kier molecular flexibility index (Phi) is 6.84. The highest BCUT2D eigenvalue weighted by Crippen LogP contribution is 2.33. The number of ether oxygens (including phenoxy) is 1. The number of halogens is 1. The van der Waals surface area contributed by atoms with Crippen molar-refractivity contribution in [2.75, 3.05) is 20.2 Å². The largest absolute Gasteiger partial charge is 0.467 e. The Morgan fingerprint density at radius 2 is 1.86 bits per heavy atom. The van der Waals surface area contributed by atoms with Gasteiger partial charge < -0.3 is 10.1 Å². The summed E-state index contributed by atoms with van der Waals surface area (Å²) in [6.45, 7) is 0.586. The van der Waals surface area contributed by atoms with Gasteiger partial charge in [0.25, 0.3) is 10.0 Å². The second-order valence-electron chi connectivity index (χ2n) is 7.36. The lowest BCUT2D eigenvalue weighted by Crippen LogP contribution is -2.58. The van der Waals surface area contributed by atoms with Crippen LogP contribution in [0.3, 0.4) is 0 Å². The molecule has 1 saturated carbocycles. The van der Waals surface area contributed by atoms with E-state index in [1.54, 1.807) is 12.1 Å². The number of rotatable bonds is 5. The summed E-state index contributed by atoms with van der Waals surface area (Å²) < 4.78 is 32.9. The first kappa shape index (κ1) is 21.7. The summed E-state index contributed by atoms with van der Waals surface area (Å²) in [6.07, 6.45) is 4.86. The monoisotopic (exact) mass is 492 g/mol. The van der Waals surface area contributed by atoms with Crippen LogP contribution in [0.25, 0.3) is 0 Å². The average Bonchev–Trinajstić information content (AvgIpc) is 3.15. The van der Waals surface area contributed by atoms with Crippen molar-refractivity contribution < 1.29 is 22.7 Å². The molecule has 1 saturated heterocycles. The van der Waals surface area contributed by atoms with Crippen LogP contribution in [-0.2, 0) is 24.3 Å². The minimum atomic E-state index is -3.53. The van der Waals surface area contributed by atoms with E-state index < -0.39 is 15.6 Å². The molecular weight excluding hydrogens is 468 g/mol. The molecule has 2 heterocycles. The molecule has 1 aromatic rings. The number of sulfonamides is 1. The molecule has 1 N–H and O–H groups in total. The van der Waals surface area contributed by atoms with E-state index in [1.807, 2.05) is 0 Å². The molecule has 1 amide bonds. The summed E-state index contributed by atoms with van der Waals surface area (Å²) in [5, 5.41) is 2.96. The topological polar surface area (TPSA) is 92.8 Å². The molecule has 0 spiro atoms. The van der Waals surface area contributed by atoms with E-state index in [0.717, 1.165) is 23.0 Å². The first-order chi connectivity index (χ1) is 13.3. The molecule has 7 nitrogen and oxygen atoms in total. The molecule has 2 aliphatic rings. The smallest absolute Gasteiger partial charge is 0.331 e. The summed E-state index contributed by atoms with van der Waals surface area (Å²) in [5.74, 6) is -0.864. The second-order valence-corrected chi connectivity index (χ2v) is 12.0. The minimum Gasteiger partial charge on any atom is -0.467 e. The Hall–Kier alpha value is -0.970. The molecule has 2 fully saturated rings. The lowest BCUT2D eigenvalue weighted by Gasteiger charge is -2.37. The number of piperidine rings is 1. The van der Waals surface area contributed by atoms with E-state index in [1.165, 1.54) is 22.8 Å². The van der Waals surface area contributed by atoms with Crippen LogP contribution in [0.2, 0.25) is 0 Å². The standard InChI is InChI=1S/C18H25BrN2O5S2/c1-26-17(23)18(9-3-2-4-10-18)20-16(22)13-7-11-21(12-8-13)28(24,25)15-6-5-14(19)27-15/h5-6,13H,2-4,7-12H2,1H3,(H,20,22). The van der Waals surface area contributed by atoms with Gasteiger partial charge in [-0.1, -0.05) is 19.3 Å². The van der Waals surface area contributed by atoms with Gasteiger partial charge in [-0.15, -0.1) is 11.3 Å². The van der Waals surface area contributed by atoms with Gasteiger partial charge in [-0.2, -0.15) is 4.31 Å². The number of amides is 1. The van der Waals surface area contributed by atoms with E-state index in [9.17, 15) is 18.0 Å². The fourth-order valence-electron chi connectivity index (χ4n) is 3.99. The predicted molar refractivity (Wildman–Crippen MR) is 109 cm³/mol. The van der Waals surface area contributed by atoms with Crippen LogP contribution in [0.5, 0.6) is 0 Å². The zero-order valence-corrected chi connectivity index (χ0v) is 19.0. The zero-order chi connectivity index (χ0) is 20.4. The van der Waals surface area contributed by atoms with Gasteiger partial charge in [0.1, 0.15) is 9.75 Å². The van der Waals surface area contributed by atoms with Crippen molar-refractivity contribution >= 4 is 49.2 Å². The second kappa shape index (κ2) is 8.81. The molecule has 1 aliphatic carbocycles. The van der Waals surface area contributed by atoms with Gasteiger partial charge in [-0.3, -0.25) is 4.79 Å². The van der Waals surface area contributed by atoms with Crippen molar-refractivity contribution in [2.45, 2.75) is 54.7 Å². The number of carbonyl (C=O) groups excluding carboxylic acids is 2. The summed E-state index contributed by atoms with van der Waals surface area (Å²) >= 11 is 4.47. The molecule has 0 bridgehead atoms. The third-order valence-electron chi connectivity index (χ3n) is 5.61. The SMILES string of the molecule is COC(=O)C1(NC(=O)C2CCN(S(=O)(=O)c3ccc(Br)s3)CC2)CCCCC1. The Labute approximate surface area is 178 Å². The van der Waals surface area contributed by atoms with Gasteiger partial charge in [0.05, 0.1) is 10.9 Å². The van der Waals surface area contributed by atoms with Gasteiger partial charge in [0.2, 0.25) is 5.91 Å². The van der Waals surface area contributed by atoms with Crippen molar-refractivity contribution in [1.29, 1.82) is 0 Å². The summed E-state index contributed by atoms with van der Waals surface area (Å²) in [7, 11) is -2.19. The molecule has 10 heteroatoms. The quantitative estimate of drug-likeness (QED) is 0.637. The molecule has 0 unspecified atom stereocenters. The van der Waals surface area contributed by atoms with E-state index in [0.29, 0.717) is 43.0 Å². The summed E-state index contributed by atoms with van der Waals surface area (Å²) in [4.78, 5) is 25.2. The summed E-state index contributed by atoms with van der Waals surface area (Å²) in [5.41, 5.74) is -0.934. The van der Waals surface area contributed by atoms with Crippen LogP contribution in [-0.4, -0.2) is 50.3 Å². The number of methoxy groups -OCH3 is 1. The van der Waals surface area contributed by atoms with Crippen LogP contribution in [0, 0.1) is 5.92 Å². The average molecular weight is 493 g/mol. The van der Waals surface area contributed by atoms with Crippen LogP contribution in [0.4, 0.5) is 0 Å².